The quantitative estimate of drug-likeness (QED) is 0.908. The molecule has 0 radical (unpaired) electrons. The lowest BCUT2D eigenvalue weighted by Gasteiger charge is -2.17. The summed E-state index contributed by atoms with van der Waals surface area (Å²) in [5, 5.41) is 11.1. The zero-order valence-corrected chi connectivity index (χ0v) is 10.8. The molecule has 0 saturated heterocycles. The Bertz CT molecular complexity index is 528. The van der Waals surface area contributed by atoms with E-state index in [-0.39, 0.29) is 11.4 Å². The van der Waals surface area contributed by atoms with Crippen molar-refractivity contribution in [2.45, 2.75) is 32.9 Å². The van der Waals surface area contributed by atoms with Crippen LogP contribution in [0.4, 0.5) is 10.1 Å². The third-order valence-electron chi connectivity index (χ3n) is 2.56. The second kappa shape index (κ2) is 4.76. The van der Waals surface area contributed by atoms with Gasteiger partial charge in [-0.05, 0) is 32.9 Å². The Morgan fingerprint density at radius 3 is 2.61 bits per heavy atom. The minimum Gasteiger partial charge on any atom is -0.377 e. The van der Waals surface area contributed by atoms with Crippen molar-refractivity contribution in [3.63, 3.8) is 0 Å². The van der Waals surface area contributed by atoms with Crippen molar-refractivity contribution in [2.24, 2.45) is 0 Å². The number of hydrogen-bond donors (Lipinski definition) is 1. The van der Waals surface area contributed by atoms with Gasteiger partial charge in [0.25, 0.3) is 0 Å². The van der Waals surface area contributed by atoms with E-state index >= 15 is 0 Å². The highest BCUT2D eigenvalue weighted by Crippen LogP contribution is 2.15. The Balaban J connectivity index is 2.03. The van der Waals surface area contributed by atoms with Crippen LogP contribution in [0.2, 0.25) is 0 Å². The zero-order chi connectivity index (χ0) is 13.2. The van der Waals surface area contributed by atoms with Crippen LogP contribution in [0.25, 0.3) is 0 Å². The number of anilines is 1. The third kappa shape index (κ3) is 2.85. The van der Waals surface area contributed by atoms with Crippen molar-refractivity contribution in [1.82, 2.24) is 15.0 Å². The highest BCUT2D eigenvalue weighted by atomic mass is 19.1. The lowest BCUT2D eigenvalue weighted by Crippen LogP contribution is -2.22. The molecule has 1 aromatic carbocycles. The molecule has 0 aliphatic heterocycles. The summed E-state index contributed by atoms with van der Waals surface area (Å²) in [7, 11) is 0. The van der Waals surface area contributed by atoms with Gasteiger partial charge < -0.3 is 5.32 Å². The molecule has 0 fully saturated rings. The number of rotatable bonds is 3. The Kier molecular flexibility index (Phi) is 3.32. The first-order valence-electron chi connectivity index (χ1n) is 5.87. The van der Waals surface area contributed by atoms with E-state index in [1.165, 1.54) is 6.07 Å². The van der Waals surface area contributed by atoms with E-state index in [0.717, 1.165) is 5.69 Å². The van der Waals surface area contributed by atoms with Gasteiger partial charge in [0.2, 0.25) is 0 Å². The number of halogens is 1. The van der Waals surface area contributed by atoms with Gasteiger partial charge in [0.15, 0.2) is 0 Å². The Hall–Kier alpha value is -1.91. The van der Waals surface area contributed by atoms with E-state index in [0.29, 0.717) is 12.2 Å². The second-order valence-electron chi connectivity index (χ2n) is 5.16. The van der Waals surface area contributed by atoms with E-state index < -0.39 is 0 Å². The first-order valence-corrected chi connectivity index (χ1v) is 5.87. The molecule has 0 atom stereocenters. The summed E-state index contributed by atoms with van der Waals surface area (Å²) in [5.41, 5.74) is 1.17. The van der Waals surface area contributed by atoms with Gasteiger partial charge in [0.1, 0.15) is 11.5 Å². The summed E-state index contributed by atoms with van der Waals surface area (Å²) in [5.74, 6) is -0.263. The molecule has 1 aromatic heterocycles. The maximum absolute atomic E-state index is 13.4. The molecule has 0 spiro atoms. The van der Waals surface area contributed by atoms with E-state index in [9.17, 15) is 4.39 Å². The van der Waals surface area contributed by atoms with Crippen LogP contribution in [-0.2, 0) is 12.1 Å². The van der Waals surface area contributed by atoms with Crippen LogP contribution < -0.4 is 5.32 Å². The lowest BCUT2D eigenvalue weighted by molar-refractivity contribution is 0.347. The summed E-state index contributed by atoms with van der Waals surface area (Å²) in [6.07, 6.45) is 1.87. The zero-order valence-electron chi connectivity index (χ0n) is 10.8. The number of hydrogen-bond acceptors (Lipinski definition) is 3. The smallest absolute Gasteiger partial charge is 0.146 e. The van der Waals surface area contributed by atoms with Crippen LogP contribution in [0.1, 0.15) is 26.5 Å². The Labute approximate surface area is 106 Å². The van der Waals surface area contributed by atoms with Gasteiger partial charge in [-0.3, -0.25) is 0 Å². The van der Waals surface area contributed by atoms with Gasteiger partial charge in [-0.25, -0.2) is 9.07 Å². The fourth-order valence-corrected chi connectivity index (χ4v) is 1.50. The molecule has 1 N–H and O–H groups in total. The molecule has 0 unspecified atom stereocenters. The maximum atomic E-state index is 13.4. The highest BCUT2D eigenvalue weighted by molar-refractivity contribution is 5.44. The summed E-state index contributed by atoms with van der Waals surface area (Å²) in [6, 6.07) is 6.58. The van der Waals surface area contributed by atoms with Crippen LogP contribution in [0.15, 0.2) is 30.5 Å². The molecule has 0 aliphatic carbocycles. The standard InChI is InChI=1S/C13H17FN4/c1-13(2,3)18-9-10(16-17-18)8-15-12-7-5-4-6-11(12)14/h4-7,9,15H,8H2,1-3H3. The van der Waals surface area contributed by atoms with Gasteiger partial charge in [0.05, 0.1) is 24.0 Å². The number of para-hydroxylation sites is 1. The van der Waals surface area contributed by atoms with Gasteiger partial charge in [0, 0.05) is 0 Å². The van der Waals surface area contributed by atoms with Gasteiger partial charge in [-0.15, -0.1) is 5.10 Å². The molecule has 0 bridgehead atoms. The van der Waals surface area contributed by atoms with Crippen molar-refractivity contribution in [2.75, 3.05) is 5.32 Å². The fraction of sp³-hybridized carbons (Fsp3) is 0.385. The molecule has 2 rings (SSSR count). The van der Waals surface area contributed by atoms with E-state index in [1.54, 1.807) is 22.9 Å². The van der Waals surface area contributed by atoms with Crippen molar-refractivity contribution in [3.05, 3.63) is 42.0 Å². The minimum absolute atomic E-state index is 0.0940. The average molecular weight is 248 g/mol. The predicted octanol–water partition coefficient (Wildman–Crippen LogP) is 2.78. The molecule has 0 amide bonds. The van der Waals surface area contributed by atoms with E-state index in [4.69, 9.17) is 0 Å². The molecular formula is C13H17FN4. The SMILES string of the molecule is CC(C)(C)n1cc(CNc2ccccc2F)nn1. The van der Waals surface area contributed by atoms with Crippen molar-refractivity contribution in [3.8, 4) is 0 Å². The third-order valence-corrected chi connectivity index (χ3v) is 2.56. The Morgan fingerprint density at radius 2 is 2.00 bits per heavy atom. The Morgan fingerprint density at radius 1 is 1.28 bits per heavy atom. The van der Waals surface area contributed by atoms with Crippen molar-refractivity contribution < 1.29 is 4.39 Å². The van der Waals surface area contributed by atoms with Gasteiger partial charge >= 0.3 is 0 Å². The topological polar surface area (TPSA) is 42.7 Å². The van der Waals surface area contributed by atoms with Gasteiger partial charge in [-0.2, -0.15) is 0 Å². The molecular weight excluding hydrogens is 231 g/mol. The molecule has 96 valence electrons. The number of aromatic nitrogens is 3. The summed E-state index contributed by atoms with van der Waals surface area (Å²) in [6.45, 7) is 6.61. The summed E-state index contributed by atoms with van der Waals surface area (Å²) >= 11 is 0. The minimum atomic E-state index is -0.263. The summed E-state index contributed by atoms with van der Waals surface area (Å²) < 4.78 is 15.2. The molecule has 0 saturated carbocycles. The van der Waals surface area contributed by atoms with Crippen molar-refractivity contribution in [1.29, 1.82) is 0 Å². The monoisotopic (exact) mass is 248 g/mol. The maximum Gasteiger partial charge on any atom is 0.146 e. The molecule has 18 heavy (non-hydrogen) atoms. The van der Waals surface area contributed by atoms with Crippen LogP contribution in [0.3, 0.4) is 0 Å². The number of benzene rings is 1. The van der Waals surface area contributed by atoms with Crippen LogP contribution in [0.5, 0.6) is 0 Å². The molecule has 4 nitrogen and oxygen atoms in total. The van der Waals surface area contributed by atoms with Gasteiger partial charge in [-0.1, -0.05) is 17.3 Å². The fourth-order valence-electron chi connectivity index (χ4n) is 1.50. The first-order chi connectivity index (χ1) is 8.47. The molecule has 1 heterocycles. The second-order valence-corrected chi connectivity index (χ2v) is 5.16. The van der Waals surface area contributed by atoms with Crippen LogP contribution in [-0.4, -0.2) is 15.0 Å². The van der Waals surface area contributed by atoms with Crippen molar-refractivity contribution >= 4 is 5.69 Å². The van der Waals surface area contributed by atoms with E-state index in [2.05, 4.69) is 36.4 Å². The summed E-state index contributed by atoms with van der Waals surface area (Å²) in [4.78, 5) is 0. The normalized spacial score (nSPS) is 11.6. The number of nitrogens with zero attached hydrogens (tertiary/aromatic N) is 3. The first kappa shape index (κ1) is 12.5. The number of nitrogens with one attached hydrogen (secondary N) is 1. The molecule has 2 aromatic rings. The largest absolute Gasteiger partial charge is 0.377 e. The van der Waals surface area contributed by atoms with Crippen LogP contribution >= 0.6 is 0 Å². The molecule has 0 aliphatic rings. The van der Waals surface area contributed by atoms with E-state index in [1.807, 2.05) is 6.20 Å². The molecule has 5 heteroatoms. The average Bonchev–Trinajstić information content (AvgIpc) is 2.76. The highest BCUT2D eigenvalue weighted by Gasteiger charge is 2.14. The lowest BCUT2D eigenvalue weighted by atomic mass is 10.1. The van der Waals surface area contributed by atoms with Crippen LogP contribution in [0, 0.1) is 5.82 Å². The predicted molar refractivity (Wildman–Crippen MR) is 68.7 cm³/mol.